The van der Waals surface area contributed by atoms with E-state index in [-0.39, 0.29) is 17.2 Å². The molecule has 7 nitrogen and oxygen atoms in total. The van der Waals surface area contributed by atoms with Crippen LogP contribution < -0.4 is 10.9 Å². The molecule has 0 spiro atoms. The second-order valence-corrected chi connectivity index (χ2v) is 7.83. The molecule has 118 valence electrons. The molecular formula is C12H26N4O3S. The van der Waals surface area contributed by atoms with Gasteiger partial charge in [-0.25, -0.2) is 5.14 Å². The van der Waals surface area contributed by atoms with Crippen LogP contribution in [0.1, 0.15) is 26.7 Å². The van der Waals surface area contributed by atoms with Crippen LogP contribution in [0.25, 0.3) is 0 Å². The van der Waals surface area contributed by atoms with Crippen molar-refractivity contribution >= 4 is 16.1 Å². The molecule has 1 fully saturated rings. The molecule has 0 unspecified atom stereocenters. The Hall–Kier alpha value is -0.700. The maximum atomic E-state index is 12.3. The predicted molar refractivity (Wildman–Crippen MR) is 77.9 cm³/mol. The lowest BCUT2D eigenvalue weighted by atomic mass is 9.91. The molecular weight excluding hydrogens is 280 g/mol. The molecule has 1 rings (SSSR count). The van der Waals surface area contributed by atoms with E-state index in [4.69, 9.17) is 10.9 Å². The molecule has 0 aromatic carbocycles. The summed E-state index contributed by atoms with van der Waals surface area (Å²) in [7, 11) is -1.87. The van der Waals surface area contributed by atoms with Gasteiger partial charge in [0.15, 0.2) is 0 Å². The van der Waals surface area contributed by atoms with Crippen molar-refractivity contribution in [3.8, 4) is 0 Å². The first kappa shape index (κ1) is 17.4. The molecule has 0 bridgehead atoms. The molecule has 20 heavy (non-hydrogen) atoms. The van der Waals surface area contributed by atoms with E-state index in [2.05, 4.69) is 0 Å². The minimum Gasteiger partial charge on any atom is -0.345 e. The smallest absolute Gasteiger partial charge is 0.276 e. The Labute approximate surface area is 121 Å². The number of amides is 1. The van der Waals surface area contributed by atoms with Crippen LogP contribution in [-0.2, 0) is 15.0 Å². The second-order valence-electron chi connectivity index (χ2n) is 6.28. The van der Waals surface area contributed by atoms with Gasteiger partial charge < -0.3 is 10.6 Å². The third kappa shape index (κ3) is 4.69. The summed E-state index contributed by atoms with van der Waals surface area (Å²) in [5, 5.41) is 5.08. The maximum Gasteiger partial charge on any atom is 0.276 e. The number of hydrogen-bond donors (Lipinski definition) is 2. The van der Waals surface area contributed by atoms with Gasteiger partial charge in [0.25, 0.3) is 10.2 Å². The van der Waals surface area contributed by atoms with Gasteiger partial charge in [0.05, 0.1) is 0 Å². The average Bonchev–Trinajstić information content (AvgIpc) is 2.36. The normalized spacial score (nSPS) is 19.1. The van der Waals surface area contributed by atoms with Gasteiger partial charge >= 0.3 is 0 Å². The van der Waals surface area contributed by atoms with E-state index >= 15 is 0 Å². The lowest BCUT2D eigenvalue weighted by molar-refractivity contribution is -0.136. The molecule has 0 saturated carbocycles. The van der Waals surface area contributed by atoms with Crippen molar-refractivity contribution in [1.29, 1.82) is 0 Å². The van der Waals surface area contributed by atoms with E-state index in [1.165, 1.54) is 4.31 Å². The van der Waals surface area contributed by atoms with Crippen LogP contribution in [0.3, 0.4) is 0 Å². The van der Waals surface area contributed by atoms with Crippen LogP contribution >= 0.6 is 0 Å². The molecule has 0 atom stereocenters. The summed E-state index contributed by atoms with van der Waals surface area (Å²) in [5.41, 5.74) is 5.55. The largest absolute Gasteiger partial charge is 0.345 e. The van der Waals surface area contributed by atoms with Crippen LogP contribution in [0.5, 0.6) is 0 Å². The summed E-state index contributed by atoms with van der Waals surface area (Å²) in [6.07, 6.45) is 1.03. The van der Waals surface area contributed by atoms with Crippen molar-refractivity contribution in [3.63, 3.8) is 0 Å². The molecule has 0 radical (unpaired) electrons. The first-order valence-corrected chi connectivity index (χ1v) is 8.30. The van der Waals surface area contributed by atoms with Gasteiger partial charge in [-0.3, -0.25) is 4.79 Å². The quantitative estimate of drug-likeness (QED) is 0.703. The van der Waals surface area contributed by atoms with Gasteiger partial charge in [0.2, 0.25) is 5.91 Å². The van der Waals surface area contributed by atoms with Gasteiger partial charge in [0.1, 0.15) is 0 Å². The SMILES string of the molecule is CN(CC(C)(C)CN)C(=O)C1CCN(S(N)(=O)=O)CC1. The van der Waals surface area contributed by atoms with E-state index in [1.54, 1.807) is 11.9 Å². The molecule has 4 N–H and O–H groups in total. The third-order valence-electron chi connectivity index (χ3n) is 3.76. The van der Waals surface area contributed by atoms with Crippen molar-refractivity contribution < 1.29 is 13.2 Å². The molecule has 0 aliphatic carbocycles. The van der Waals surface area contributed by atoms with Crippen molar-refractivity contribution in [2.45, 2.75) is 26.7 Å². The highest BCUT2D eigenvalue weighted by molar-refractivity contribution is 7.86. The molecule has 0 aromatic rings. The maximum absolute atomic E-state index is 12.3. The zero-order chi connectivity index (χ0) is 15.6. The number of nitrogens with zero attached hydrogens (tertiary/aromatic N) is 2. The Morgan fingerprint density at radius 1 is 1.35 bits per heavy atom. The highest BCUT2D eigenvalue weighted by Crippen LogP contribution is 2.22. The highest BCUT2D eigenvalue weighted by atomic mass is 32.2. The van der Waals surface area contributed by atoms with Crippen LogP contribution in [0.4, 0.5) is 0 Å². The second kappa shape index (κ2) is 6.38. The van der Waals surface area contributed by atoms with Gasteiger partial charge in [-0.2, -0.15) is 12.7 Å². The zero-order valence-corrected chi connectivity index (χ0v) is 13.3. The Balaban J connectivity index is 2.55. The number of carbonyl (C=O) groups excluding carboxylic acids is 1. The van der Waals surface area contributed by atoms with Gasteiger partial charge in [-0.15, -0.1) is 0 Å². The Bertz CT molecular complexity index is 442. The van der Waals surface area contributed by atoms with Crippen LogP contribution in [0, 0.1) is 11.3 Å². The Kier molecular flexibility index (Phi) is 5.54. The van der Waals surface area contributed by atoms with Crippen molar-refractivity contribution in [3.05, 3.63) is 0 Å². The van der Waals surface area contributed by atoms with E-state index < -0.39 is 10.2 Å². The highest BCUT2D eigenvalue weighted by Gasteiger charge is 2.32. The van der Waals surface area contributed by atoms with Gasteiger partial charge in [-0.1, -0.05) is 13.8 Å². The molecule has 8 heteroatoms. The van der Waals surface area contributed by atoms with Crippen molar-refractivity contribution in [2.75, 3.05) is 33.2 Å². The van der Waals surface area contributed by atoms with E-state index in [9.17, 15) is 13.2 Å². The topological polar surface area (TPSA) is 110 Å². The van der Waals surface area contributed by atoms with E-state index in [0.29, 0.717) is 39.0 Å². The fourth-order valence-corrected chi connectivity index (χ4v) is 3.17. The predicted octanol–water partition coefficient (Wildman–Crippen LogP) is -0.655. The number of carbonyl (C=O) groups is 1. The molecule has 1 saturated heterocycles. The first-order valence-electron chi connectivity index (χ1n) is 6.80. The van der Waals surface area contributed by atoms with E-state index in [0.717, 1.165) is 0 Å². The van der Waals surface area contributed by atoms with E-state index in [1.807, 2.05) is 13.8 Å². The molecule has 1 heterocycles. The molecule has 0 aromatic heterocycles. The zero-order valence-electron chi connectivity index (χ0n) is 12.5. The fraction of sp³-hybridized carbons (Fsp3) is 0.917. The first-order chi connectivity index (χ1) is 9.07. The summed E-state index contributed by atoms with van der Waals surface area (Å²) < 4.78 is 23.7. The number of nitrogens with two attached hydrogens (primary N) is 2. The van der Waals surface area contributed by atoms with Gasteiger partial charge in [0, 0.05) is 32.6 Å². The average molecular weight is 306 g/mol. The fourth-order valence-electron chi connectivity index (χ4n) is 2.45. The monoisotopic (exact) mass is 306 g/mol. The summed E-state index contributed by atoms with van der Waals surface area (Å²) in [4.78, 5) is 14.0. The molecule has 1 amide bonds. The van der Waals surface area contributed by atoms with Crippen LogP contribution in [0.15, 0.2) is 0 Å². The Morgan fingerprint density at radius 3 is 2.25 bits per heavy atom. The van der Waals surface area contributed by atoms with Crippen LogP contribution in [0.2, 0.25) is 0 Å². The molecule has 1 aliphatic rings. The minimum atomic E-state index is -3.64. The number of piperidine rings is 1. The minimum absolute atomic E-state index is 0.0561. The van der Waals surface area contributed by atoms with Crippen LogP contribution in [-0.4, -0.2) is 56.8 Å². The standard InChI is InChI=1S/C12H26N4O3S/c1-12(2,8-13)9-15(3)11(17)10-4-6-16(7-5-10)20(14,18)19/h10H,4-9,13H2,1-3H3,(H2,14,18,19). The Morgan fingerprint density at radius 2 is 1.85 bits per heavy atom. The lowest BCUT2D eigenvalue weighted by Gasteiger charge is -2.34. The van der Waals surface area contributed by atoms with Crippen molar-refractivity contribution in [2.24, 2.45) is 22.2 Å². The summed E-state index contributed by atoms with van der Waals surface area (Å²) in [6, 6.07) is 0. The van der Waals surface area contributed by atoms with Crippen molar-refractivity contribution in [1.82, 2.24) is 9.21 Å². The summed E-state index contributed by atoms with van der Waals surface area (Å²) in [5.74, 6) is -0.0767. The molecule has 1 aliphatic heterocycles. The lowest BCUT2D eigenvalue weighted by Crippen LogP contribution is -2.47. The third-order valence-corrected chi connectivity index (χ3v) is 4.84. The number of hydrogen-bond acceptors (Lipinski definition) is 4. The van der Waals surface area contributed by atoms with Gasteiger partial charge in [-0.05, 0) is 24.8 Å². The number of rotatable bonds is 5. The summed E-state index contributed by atoms with van der Waals surface area (Å²) in [6.45, 7) is 5.75. The summed E-state index contributed by atoms with van der Waals surface area (Å²) >= 11 is 0.